The van der Waals surface area contributed by atoms with Gasteiger partial charge in [-0.15, -0.1) is 0 Å². The van der Waals surface area contributed by atoms with E-state index in [1.54, 1.807) is 6.92 Å². The van der Waals surface area contributed by atoms with Crippen molar-refractivity contribution in [3.8, 4) is 0 Å². The van der Waals surface area contributed by atoms with Crippen LogP contribution in [-0.4, -0.2) is 68.4 Å². The summed E-state index contributed by atoms with van der Waals surface area (Å²) in [6.45, 7) is 16.6. The Kier molecular flexibility index (Phi) is 17.5. The minimum absolute atomic E-state index is 0. The van der Waals surface area contributed by atoms with Crippen molar-refractivity contribution in [2.45, 2.75) is 117 Å². The molecule has 4 aliphatic rings. The Morgan fingerprint density at radius 2 is 1.47 bits per heavy atom. The van der Waals surface area contributed by atoms with Gasteiger partial charge in [-0.05, 0) is 98.2 Å². The van der Waals surface area contributed by atoms with E-state index in [1.807, 2.05) is 6.08 Å². The molecule has 0 aromatic carbocycles. The summed E-state index contributed by atoms with van der Waals surface area (Å²) >= 11 is 0. The van der Waals surface area contributed by atoms with Crippen LogP contribution in [0.5, 0.6) is 0 Å². The third-order valence-corrected chi connectivity index (χ3v) is 13.9. The van der Waals surface area contributed by atoms with Gasteiger partial charge in [-0.1, -0.05) is 58.4 Å². The molecule has 0 aromatic rings. The maximum Gasteiger partial charge on any atom is 1.00 e. The standard InChI is InChI=1S/C30H50O13S3.3Na/c1-8-19(17(2)3)10-9-18(4)20-11-13-30(7)22-15-23(41-44(32,33)34)25-26(31)27(43-46(38,39)40)24(42-45(35,36)37)16-28(25,5)21(22)12-14-29(20,30)6;;;/h12,18-20,22-27,31H,2,8-11,13-16H2,1,3-7H3,(H,32,33,34)(H,35,36,37)(H,38,39,40);;;/q;3*+1/p-3/t18-,19?,20-,22-,23+,24+,25+,26-,27-,28-,29-,30+;;;/m1.../s1. The number of hydrogen-bond donors (Lipinski definition) is 1. The predicted molar refractivity (Wildman–Crippen MR) is 163 cm³/mol. The van der Waals surface area contributed by atoms with Gasteiger partial charge in [0.15, 0.2) is 0 Å². The molecular formula is C30H47Na3O13S3. The molecule has 0 spiro atoms. The van der Waals surface area contributed by atoms with Crippen LogP contribution in [0.15, 0.2) is 23.8 Å². The average molecular weight is 781 g/mol. The molecule has 3 saturated carbocycles. The molecule has 49 heavy (non-hydrogen) atoms. The van der Waals surface area contributed by atoms with Crippen molar-refractivity contribution in [3.63, 3.8) is 0 Å². The van der Waals surface area contributed by atoms with Gasteiger partial charge < -0.3 is 18.8 Å². The Morgan fingerprint density at radius 3 is 1.96 bits per heavy atom. The van der Waals surface area contributed by atoms with E-state index in [0.717, 1.165) is 43.3 Å². The number of allylic oxidation sites excluding steroid dienone is 3. The summed E-state index contributed by atoms with van der Waals surface area (Å²) in [5, 5.41) is 11.5. The van der Waals surface area contributed by atoms with Crippen molar-refractivity contribution < 1.29 is 145 Å². The molecule has 3 fully saturated rings. The fourth-order valence-electron chi connectivity index (χ4n) is 10.2. The molecule has 0 amide bonds. The zero-order valence-corrected chi connectivity index (χ0v) is 38.7. The van der Waals surface area contributed by atoms with Gasteiger partial charge in [0.25, 0.3) is 0 Å². The number of hydrogen-bond acceptors (Lipinski definition) is 13. The maximum atomic E-state index is 12.0. The third-order valence-electron chi connectivity index (χ3n) is 12.5. The Bertz CT molecular complexity index is 1560. The zero-order chi connectivity index (χ0) is 34.8. The minimum atomic E-state index is -5.57. The van der Waals surface area contributed by atoms with Gasteiger partial charge in [-0.3, -0.25) is 12.5 Å². The van der Waals surface area contributed by atoms with Crippen molar-refractivity contribution in [3.05, 3.63) is 23.8 Å². The van der Waals surface area contributed by atoms with E-state index in [2.05, 4.69) is 49.6 Å². The van der Waals surface area contributed by atoms with E-state index < -0.39 is 78.8 Å². The monoisotopic (exact) mass is 780 g/mol. The predicted octanol–water partition coefficient (Wildman–Crippen LogP) is -5.29. The minimum Gasteiger partial charge on any atom is -0.726 e. The van der Waals surface area contributed by atoms with Crippen LogP contribution in [-0.2, 0) is 43.7 Å². The second-order valence-corrected chi connectivity index (χ2v) is 17.9. The van der Waals surface area contributed by atoms with Gasteiger partial charge in [0.05, 0.1) is 12.2 Å². The molecule has 1 unspecified atom stereocenters. The summed E-state index contributed by atoms with van der Waals surface area (Å²) in [5.41, 5.74) is -0.118. The first-order chi connectivity index (χ1) is 20.9. The summed E-state index contributed by atoms with van der Waals surface area (Å²) in [5.74, 6) is -0.618. The SMILES string of the molecule is C=C(C)C(CC)CC[C@@H](C)[C@H]1CC[C@@]2(C)[C@@H]3C[C@H](OS(=O)(=O)[O-])[C@H]4[C@@H](O)[C@H](OS(=O)(=O)[O-])[C@@H](OS(=O)(=O)[O-])C[C@]4(C)C3=CC[C@]12C.[Na+].[Na+].[Na+]. The van der Waals surface area contributed by atoms with Crippen LogP contribution < -0.4 is 88.7 Å². The normalized spacial score (nSPS) is 38.6. The fraction of sp³-hybridized carbons (Fsp3) is 0.867. The van der Waals surface area contributed by atoms with Gasteiger partial charge in [0.1, 0.15) is 12.2 Å². The molecule has 4 aliphatic carbocycles. The summed E-state index contributed by atoms with van der Waals surface area (Å²) in [7, 11) is -16.4. The van der Waals surface area contributed by atoms with Gasteiger partial charge in [-0.2, -0.15) is 0 Å². The van der Waals surface area contributed by atoms with Crippen LogP contribution in [0.1, 0.15) is 92.9 Å². The van der Waals surface area contributed by atoms with Crippen LogP contribution >= 0.6 is 0 Å². The largest absolute Gasteiger partial charge is 1.00 e. The van der Waals surface area contributed by atoms with E-state index in [4.69, 9.17) is 4.18 Å². The Morgan fingerprint density at radius 1 is 0.939 bits per heavy atom. The molecule has 0 heterocycles. The number of aliphatic hydroxyl groups is 1. The number of aliphatic hydroxyl groups excluding tert-OH is 1. The molecule has 0 aromatic heterocycles. The Balaban J connectivity index is 0.00000400. The first kappa shape index (κ1) is 49.1. The van der Waals surface area contributed by atoms with E-state index in [0.29, 0.717) is 24.2 Å². The fourth-order valence-corrected chi connectivity index (χ4v) is 11.7. The first-order valence-electron chi connectivity index (χ1n) is 15.8. The second-order valence-electron chi connectivity index (χ2n) is 14.8. The van der Waals surface area contributed by atoms with Crippen molar-refractivity contribution in [1.29, 1.82) is 0 Å². The molecule has 0 saturated heterocycles. The summed E-state index contributed by atoms with van der Waals surface area (Å²) in [6, 6.07) is 0. The summed E-state index contributed by atoms with van der Waals surface area (Å²) in [4.78, 5) is 0. The molecule has 0 radical (unpaired) electrons. The van der Waals surface area contributed by atoms with E-state index in [-0.39, 0.29) is 106 Å². The third kappa shape index (κ3) is 10.3. The Hall–Kier alpha value is 2.05. The van der Waals surface area contributed by atoms with Crippen LogP contribution in [0.25, 0.3) is 0 Å². The molecule has 1 N–H and O–H groups in total. The number of rotatable bonds is 12. The molecule has 266 valence electrons. The van der Waals surface area contributed by atoms with Crippen molar-refractivity contribution >= 4 is 31.2 Å². The number of fused-ring (bicyclic) bond motifs is 5. The van der Waals surface area contributed by atoms with Crippen LogP contribution in [0, 0.1) is 45.8 Å². The van der Waals surface area contributed by atoms with E-state index >= 15 is 0 Å². The van der Waals surface area contributed by atoms with Crippen molar-refractivity contribution in [2.24, 2.45) is 45.8 Å². The van der Waals surface area contributed by atoms with Gasteiger partial charge in [0, 0.05) is 5.92 Å². The van der Waals surface area contributed by atoms with E-state index in [1.165, 1.54) is 0 Å². The molecular weight excluding hydrogens is 733 g/mol. The van der Waals surface area contributed by atoms with Gasteiger partial charge in [0.2, 0.25) is 31.2 Å². The molecule has 13 nitrogen and oxygen atoms in total. The van der Waals surface area contributed by atoms with Crippen molar-refractivity contribution in [1.82, 2.24) is 0 Å². The quantitative estimate of drug-likeness (QED) is 0.0848. The molecule has 12 atom stereocenters. The molecule has 19 heteroatoms. The zero-order valence-electron chi connectivity index (χ0n) is 30.2. The van der Waals surface area contributed by atoms with Gasteiger partial charge >= 0.3 is 88.7 Å². The van der Waals surface area contributed by atoms with Gasteiger partial charge in [-0.25, -0.2) is 25.3 Å². The summed E-state index contributed by atoms with van der Waals surface area (Å²) < 4.78 is 120. The molecule has 0 aliphatic heterocycles. The van der Waals surface area contributed by atoms with E-state index in [9.17, 15) is 44.0 Å². The second kappa shape index (κ2) is 17.5. The van der Waals surface area contributed by atoms with Crippen LogP contribution in [0.3, 0.4) is 0 Å². The van der Waals surface area contributed by atoms with Crippen molar-refractivity contribution in [2.75, 3.05) is 0 Å². The summed E-state index contributed by atoms with van der Waals surface area (Å²) in [6.07, 6.45) is -0.765. The van der Waals surface area contributed by atoms with Crippen LogP contribution in [0.4, 0.5) is 0 Å². The molecule has 0 bridgehead atoms. The average Bonchev–Trinajstić information content (AvgIpc) is 3.15. The topological polar surface area (TPSA) is 220 Å². The van der Waals surface area contributed by atoms with Crippen LogP contribution in [0.2, 0.25) is 0 Å². The molecule has 4 rings (SSSR count). The Labute approximate surface area is 359 Å². The maximum absolute atomic E-state index is 12.0. The smallest absolute Gasteiger partial charge is 0.726 e. The first-order valence-corrected chi connectivity index (χ1v) is 19.8.